The third-order valence-corrected chi connectivity index (χ3v) is 3.93. The summed E-state index contributed by atoms with van der Waals surface area (Å²) in [6, 6.07) is 0. The first-order valence-electron chi connectivity index (χ1n) is 10.8. The molecule has 0 fully saturated rings. The summed E-state index contributed by atoms with van der Waals surface area (Å²) in [6.45, 7) is 14.3. The highest BCUT2D eigenvalue weighted by atomic mass is 16.0. The Morgan fingerprint density at radius 1 is 0.351 bits per heavy atom. The highest BCUT2D eigenvalue weighted by Crippen LogP contribution is 2.10. The molecule has 0 saturated carbocycles. The molecule has 17 heteroatoms. The van der Waals surface area contributed by atoms with Gasteiger partial charge in [0, 0.05) is 0 Å². The van der Waals surface area contributed by atoms with E-state index in [1.165, 1.54) is 0 Å². The van der Waals surface area contributed by atoms with E-state index in [4.69, 9.17) is 0 Å². The van der Waals surface area contributed by atoms with Crippen molar-refractivity contribution in [3.05, 3.63) is 46.6 Å². The number of azo groups is 1. The van der Waals surface area contributed by atoms with Gasteiger partial charge in [0.05, 0.1) is 0 Å². The molecule has 4 rings (SSSR count). The second-order valence-electron chi connectivity index (χ2n) is 7.42. The number of anilines is 2. The summed E-state index contributed by atoms with van der Waals surface area (Å²) in [6.07, 6.45) is 0. The average molecular weight is 509 g/mol. The van der Waals surface area contributed by atoms with Crippen LogP contribution < -0.4 is 10.9 Å². The molecule has 0 radical (unpaired) electrons. The number of nitrogens with one attached hydrogen (secondary N) is 2. The zero-order chi connectivity index (χ0) is 26.2. The molecule has 0 aromatic carbocycles. The van der Waals surface area contributed by atoms with Gasteiger partial charge in [-0.05, 0) is 55.4 Å². The summed E-state index contributed by atoms with van der Waals surface area (Å²) in [5.41, 5.74) is 5.66. The van der Waals surface area contributed by atoms with E-state index in [9.17, 15) is 0 Å². The molecule has 0 aliphatic rings. The molecule has 4 N–H and O–H groups in total. The minimum atomic E-state index is 0. The van der Waals surface area contributed by atoms with Gasteiger partial charge in [-0.25, -0.2) is 19.9 Å². The molecular weight excluding hydrogens is 480 g/mol. The van der Waals surface area contributed by atoms with Crippen molar-refractivity contribution in [2.45, 2.75) is 55.4 Å². The summed E-state index contributed by atoms with van der Waals surface area (Å²) >= 11 is 0. The zero-order valence-corrected chi connectivity index (χ0v) is 21.8. The molecule has 17 nitrogen and oxygen atoms in total. The van der Waals surface area contributed by atoms with Gasteiger partial charge in [-0.3, -0.25) is 10.9 Å². The first kappa shape index (κ1) is 28.4. The fourth-order valence-corrected chi connectivity index (χ4v) is 2.83. The molecule has 0 bridgehead atoms. The van der Waals surface area contributed by atoms with Crippen LogP contribution in [0.2, 0.25) is 0 Å². The lowest BCUT2D eigenvalue weighted by Gasteiger charge is -2.08. The van der Waals surface area contributed by atoms with Gasteiger partial charge < -0.3 is 5.48 Å². The molecule has 0 unspecified atom stereocenters. The van der Waals surface area contributed by atoms with Crippen LogP contribution in [0.4, 0.5) is 23.8 Å². The van der Waals surface area contributed by atoms with E-state index in [1.807, 2.05) is 0 Å². The number of hydrogen-bond donors (Lipinski definition) is 2. The van der Waals surface area contributed by atoms with Gasteiger partial charge >= 0.3 is 0 Å². The van der Waals surface area contributed by atoms with Gasteiger partial charge in [0.2, 0.25) is 11.9 Å². The number of nitrogens with zero attached hydrogens (tertiary/aromatic N) is 14. The Kier molecular flexibility index (Phi) is 9.82. The monoisotopic (exact) mass is 508 g/mol. The number of aromatic nitrogens is 12. The highest BCUT2D eigenvalue weighted by Gasteiger charge is 2.03. The molecule has 37 heavy (non-hydrogen) atoms. The van der Waals surface area contributed by atoms with Crippen LogP contribution in [-0.2, 0) is 0 Å². The summed E-state index contributed by atoms with van der Waals surface area (Å²) in [5.74, 6) is 6.32. The van der Waals surface area contributed by atoms with Crippen molar-refractivity contribution in [3.8, 4) is 0 Å². The average Bonchev–Trinajstić information content (AvgIpc) is 2.74. The van der Waals surface area contributed by atoms with Crippen LogP contribution in [0.15, 0.2) is 10.2 Å². The van der Waals surface area contributed by atoms with Crippen LogP contribution >= 0.6 is 0 Å². The Labute approximate surface area is 212 Å². The molecule has 0 spiro atoms. The number of hydrogen-bond acceptors (Lipinski definition) is 16. The first-order chi connectivity index (χ1) is 17.0. The lowest BCUT2D eigenvalue weighted by Crippen LogP contribution is -2.16. The molecule has 0 aliphatic heterocycles. The van der Waals surface area contributed by atoms with Crippen molar-refractivity contribution in [1.82, 2.24) is 59.8 Å². The summed E-state index contributed by atoms with van der Waals surface area (Å²) in [5, 5.41) is 7.78. The third-order valence-electron chi connectivity index (χ3n) is 3.93. The lowest BCUT2D eigenvalue weighted by molar-refractivity contribution is 0.824. The SMILES string of the molecule is Cc1nc(C)nc(N=Nc2nc(C)nc(C)n2)n1.Cc1nc(C)nc(NNc2nc(C)nc(C)n2)n1.O. The molecule has 4 aromatic rings. The van der Waals surface area contributed by atoms with E-state index in [0.29, 0.717) is 58.5 Å². The lowest BCUT2D eigenvalue weighted by atomic mass is 10.6. The largest absolute Gasteiger partial charge is 0.412 e. The molecule has 0 atom stereocenters. The van der Waals surface area contributed by atoms with Crippen LogP contribution in [0.25, 0.3) is 0 Å². The van der Waals surface area contributed by atoms with Crippen molar-refractivity contribution in [3.63, 3.8) is 0 Å². The van der Waals surface area contributed by atoms with E-state index in [-0.39, 0.29) is 17.4 Å². The van der Waals surface area contributed by atoms with E-state index < -0.39 is 0 Å². The molecule has 0 aliphatic carbocycles. The summed E-state index contributed by atoms with van der Waals surface area (Å²) in [4.78, 5) is 48.9. The van der Waals surface area contributed by atoms with Crippen molar-refractivity contribution >= 4 is 23.8 Å². The van der Waals surface area contributed by atoms with Crippen molar-refractivity contribution in [2.24, 2.45) is 10.2 Å². The van der Waals surface area contributed by atoms with Crippen LogP contribution in [-0.4, -0.2) is 65.3 Å². The minimum Gasteiger partial charge on any atom is -0.412 e. The Morgan fingerprint density at radius 3 is 0.811 bits per heavy atom. The number of rotatable bonds is 5. The van der Waals surface area contributed by atoms with Crippen molar-refractivity contribution in [2.75, 3.05) is 10.9 Å². The standard InChI is InChI=1S/C10H14N8.C10H12N8.H2O/c2*1-5-11-6(2)14-9(13-5)17-18-10-15-7(3)12-8(4)16-10;/h1-4H3,(H,11,13,14,17)(H,12,15,16,18);1-4H3;1H2. The van der Waals surface area contributed by atoms with Gasteiger partial charge in [-0.1, -0.05) is 0 Å². The minimum absolute atomic E-state index is 0. The topological polar surface area (TPSA) is 235 Å². The molecule has 194 valence electrons. The van der Waals surface area contributed by atoms with Crippen LogP contribution in [0.5, 0.6) is 0 Å². The number of aryl methyl sites for hydroxylation is 8. The van der Waals surface area contributed by atoms with E-state index in [0.717, 1.165) is 0 Å². The van der Waals surface area contributed by atoms with Gasteiger partial charge in [-0.15, -0.1) is 10.2 Å². The second kappa shape index (κ2) is 12.8. The Bertz CT molecular complexity index is 1210. The molecule has 0 amide bonds. The maximum Gasteiger partial charge on any atom is 0.272 e. The molecule has 4 aromatic heterocycles. The van der Waals surface area contributed by atoms with Gasteiger partial charge in [0.25, 0.3) is 11.9 Å². The van der Waals surface area contributed by atoms with Crippen molar-refractivity contribution in [1.29, 1.82) is 0 Å². The van der Waals surface area contributed by atoms with Crippen LogP contribution in [0.1, 0.15) is 46.6 Å². The fourth-order valence-electron chi connectivity index (χ4n) is 2.83. The summed E-state index contributed by atoms with van der Waals surface area (Å²) < 4.78 is 0. The Morgan fingerprint density at radius 2 is 0.568 bits per heavy atom. The predicted octanol–water partition coefficient (Wildman–Crippen LogP) is 1.61. The normalized spacial score (nSPS) is 10.4. The smallest absolute Gasteiger partial charge is 0.272 e. The van der Waals surface area contributed by atoms with Gasteiger partial charge in [0.15, 0.2) is 0 Å². The van der Waals surface area contributed by atoms with E-state index in [2.05, 4.69) is 80.9 Å². The first-order valence-corrected chi connectivity index (χ1v) is 10.8. The van der Waals surface area contributed by atoms with Gasteiger partial charge in [-0.2, -0.15) is 39.9 Å². The fraction of sp³-hybridized carbons (Fsp3) is 0.400. The maximum atomic E-state index is 4.13. The molecule has 4 heterocycles. The Hall–Kier alpha value is -4.80. The number of hydrazine groups is 1. The molecule has 0 saturated heterocycles. The summed E-state index contributed by atoms with van der Waals surface area (Å²) in [7, 11) is 0. The third kappa shape index (κ3) is 9.40. The zero-order valence-electron chi connectivity index (χ0n) is 21.8. The highest BCUT2D eigenvalue weighted by molar-refractivity contribution is 5.35. The van der Waals surface area contributed by atoms with Crippen LogP contribution in [0.3, 0.4) is 0 Å². The van der Waals surface area contributed by atoms with Gasteiger partial charge in [0.1, 0.15) is 46.6 Å². The predicted molar refractivity (Wildman–Crippen MR) is 132 cm³/mol. The maximum absolute atomic E-state index is 4.13. The van der Waals surface area contributed by atoms with E-state index >= 15 is 0 Å². The Balaban J connectivity index is 0.000000253. The van der Waals surface area contributed by atoms with E-state index in [1.54, 1.807) is 55.4 Å². The second-order valence-corrected chi connectivity index (χ2v) is 7.42. The van der Waals surface area contributed by atoms with Crippen molar-refractivity contribution < 1.29 is 5.48 Å². The quantitative estimate of drug-likeness (QED) is 0.288. The van der Waals surface area contributed by atoms with Crippen LogP contribution in [0, 0.1) is 55.4 Å². The molecular formula is C20H28N16O.